The van der Waals surface area contributed by atoms with Gasteiger partial charge >= 0.3 is 18.3 Å². The lowest BCUT2D eigenvalue weighted by Gasteiger charge is -2.11. The van der Waals surface area contributed by atoms with Crippen LogP contribution in [0.4, 0.5) is 4.79 Å². The van der Waals surface area contributed by atoms with Gasteiger partial charge in [-0.1, -0.05) is 12.7 Å². The molecule has 1 amide bonds. The quantitative estimate of drug-likeness (QED) is 0.271. The third kappa shape index (κ3) is 6.58. The zero-order valence-electron chi connectivity index (χ0n) is 8.83. The molecule has 0 saturated heterocycles. The van der Waals surface area contributed by atoms with Crippen molar-refractivity contribution in [3.63, 3.8) is 0 Å². The first-order valence-electron chi connectivity index (χ1n) is 4.48. The monoisotopic (exact) mass is 241 g/mol. The lowest BCUT2D eigenvalue weighted by Crippen LogP contribution is -2.43. The molecular weight excluding hydrogens is 230 g/mol. The number of carbonyl (C=O) groups excluding carboxylic acids is 2. The van der Waals surface area contributed by atoms with Crippen LogP contribution < -0.4 is 5.32 Å². The average Bonchev–Trinajstić information content (AvgIpc) is 2.25. The first-order valence-corrected chi connectivity index (χ1v) is 4.48. The second kappa shape index (κ2) is 7.77. The van der Waals surface area contributed by atoms with Gasteiger partial charge < -0.3 is 20.7 Å². The maximum Gasteiger partial charge on any atom is 0.408 e. The zero-order valence-corrected chi connectivity index (χ0v) is 8.83. The van der Waals surface area contributed by atoms with Crippen LogP contribution in [0.15, 0.2) is 12.7 Å². The van der Waals surface area contributed by atoms with Gasteiger partial charge in [-0.15, -0.1) is 0 Å². The van der Waals surface area contributed by atoms with Crippen molar-refractivity contribution in [1.82, 2.24) is 5.32 Å². The highest BCUT2D eigenvalue weighted by Gasteiger charge is 2.25. The van der Waals surface area contributed by atoms with Crippen molar-refractivity contribution in [1.29, 1.82) is 0 Å². The van der Waals surface area contributed by atoms with Crippen molar-refractivity contribution < 1.29 is 29.0 Å². The summed E-state index contributed by atoms with van der Waals surface area (Å²) in [6.45, 7) is 3.23. The van der Waals surface area contributed by atoms with Gasteiger partial charge in [0.25, 0.3) is 5.78 Å². The van der Waals surface area contributed by atoms with E-state index in [2.05, 4.69) is 16.1 Å². The summed E-state index contributed by atoms with van der Waals surface area (Å²) in [4.78, 5) is 35.2. The van der Waals surface area contributed by atoms with Crippen LogP contribution in [0.3, 0.4) is 0 Å². The molecule has 0 aliphatic heterocycles. The van der Waals surface area contributed by atoms with Gasteiger partial charge in [0.1, 0.15) is 12.6 Å². The SMILES string of the molecule is C=CCOC(=O)NC(CC(=O)O)C(=O)C=[N+]=[N-]. The number of aliphatic carboxylic acids is 1. The number of ether oxygens (including phenoxy) is 1. The van der Waals surface area contributed by atoms with Crippen molar-refractivity contribution >= 4 is 24.1 Å². The average molecular weight is 241 g/mol. The third-order valence-corrected chi connectivity index (χ3v) is 1.53. The van der Waals surface area contributed by atoms with Gasteiger partial charge in [0.05, 0.1) is 6.42 Å². The Balaban J connectivity index is 4.52. The van der Waals surface area contributed by atoms with Crippen LogP contribution in [-0.2, 0) is 14.3 Å². The lowest BCUT2D eigenvalue weighted by atomic mass is 10.1. The number of ketones is 1. The zero-order chi connectivity index (χ0) is 13.3. The number of amides is 1. The second-order valence-corrected chi connectivity index (χ2v) is 2.83. The summed E-state index contributed by atoms with van der Waals surface area (Å²) in [6, 6.07) is -1.35. The molecule has 0 aromatic carbocycles. The molecule has 0 heterocycles. The van der Waals surface area contributed by atoms with Gasteiger partial charge in [-0.2, -0.15) is 4.79 Å². The standard InChI is InChI=1S/C9H11N3O5/c1-2-3-17-9(16)12-6(4-8(14)15)7(13)5-11-10/h2,5-6H,1,3-4H2,(H,12,16)(H,14,15). The van der Waals surface area contributed by atoms with Gasteiger partial charge in [0.2, 0.25) is 0 Å². The Kier molecular flexibility index (Phi) is 6.64. The van der Waals surface area contributed by atoms with E-state index in [0.29, 0.717) is 6.21 Å². The van der Waals surface area contributed by atoms with Crippen LogP contribution in [0.1, 0.15) is 6.42 Å². The molecule has 0 aromatic heterocycles. The van der Waals surface area contributed by atoms with E-state index in [1.54, 1.807) is 0 Å². The summed E-state index contributed by atoms with van der Waals surface area (Å²) in [5.41, 5.74) is 8.14. The van der Waals surface area contributed by atoms with Crippen molar-refractivity contribution in [3.05, 3.63) is 18.2 Å². The first kappa shape index (κ1) is 14.5. The fraction of sp³-hybridized carbons (Fsp3) is 0.333. The molecule has 0 saturated carbocycles. The minimum Gasteiger partial charge on any atom is -0.481 e. The number of nitrogens with one attached hydrogen (secondary N) is 1. The fourth-order valence-corrected chi connectivity index (χ4v) is 0.863. The maximum absolute atomic E-state index is 11.2. The number of hydrogen-bond donors (Lipinski definition) is 2. The summed E-state index contributed by atoms with van der Waals surface area (Å²) < 4.78 is 4.51. The minimum atomic E-state index is -1.35. The van der Waals surface area contributed by atoms with E-state index in [1.807, 2.05) is 5.32 Å². The number of hydrogen-bond acceptors (Lipinski definition) is 4. The van der Waals surface area contributed by atoms with E-state index in [-0.39, 0.29) is 6.61 Å². The number of rotatable bonds is 7. The topological polar surface area (TPSA) is 129 Å². The number of carboxylic acids is 1. The summed E-state index contributed by atoms with van der Waals surface area (Å²) in [5, 5.41) is 10.5. The van der Waals surface area contributed by atoms with Gasteiger partial charge in [0.15, 0.2) is 0 Å². The van der Waals surface area contributed by atoms with E-state index in [0.717, 1.165) is 0 Å². The van der Waals surface area contributed by atoms with Crippen LogP contribution >= 0.6 is 0 Å². The van der Waals surface area contributed by atoms with Crippen LogP contribution in [0.2, 0.25) is 0 Å². The molecule has 0 rings (SSSR count). The lowest BCUT2D eigenvalue weighted by molar-refractivity contribution is -0.139. The number of carbonyl (C=O) groups is 3. The van der Waals surface area contributed by atoms with E-state index in [4.69, 9.17) is 10.6 Å². The predicted octanol–water partition coefficient (Wildman–Crippen LogP) is -0.388. The molecule has 1 unspecified atom stereocenters. The van der Waals surface area contributed by atoms with E-state index >= 15 is 0 Å². The Bertz CT molecular complexity index is 373. The molecule has 8 heteroatoms. The molecule has 92 valence electrons. The molecule has 0 aliphatic carbocycles. The van der Waals surface area contributed by atoms with Gasteiger partial charge in [-0.25, -0.2) is 4.79 Å². The largest absolute Gasteiger partial charge is 0.481 e. The van der Waals surface area contributed by atoms with Gasteiger partial charge in [0, 0.05) is 0 Å². The van der Waals surface area contributed by atoms with E-state index in [1.165, 1.54) is 6.08 Å². The molecule has 1 atom stereocenters. The second-order valence-electron chi connectivity index (χ2n) is 2.83. The summed E-state index contributed by atoms with van der Waals surface area (Å²) >= 11 is 0. The first-order chi connectivity index (χ1) is 8.01. The normalized spacial score (nSPS) is 10.6. The Hall–Kier alpha value is -2.47. The Morgan fingerprint density at radius 1 is 1.53 bits per heavy atom. The molecule has 2 N–H and O–H groups in total. The number of nitrogens with zero attached hydrogens (tertiary/aromatic N) is 2. The smallest absolute Gasteiger partial charge is 0.408 e. The van der Waals surface area contributed by atoms with E-state index in [9.17, 15) is 14.4 Å². The van der Waals surface area contributed by atoms with Crippen LogP contribution in [0, 0.1) is 0 Å². The highest BCUT2D eigenvalue weighted by molar-refractivity contribution is 6.28. The molecule has 0 bridgehead atoms. The number of alkyl carbamates (subject to hydrolysis) is 1. The predicted molar refractivity (Wildman–Crippen MR) is 55.4 cm³/mol. The Morgan fingerprint density at radius 2 is 2.18 bits per heavy atom. The summed E-state index contributed by atoms with van der Waals surface area (Å²) in [7, 11) is 0. The Morgan fingerprint density at radius 3 is 2.65 bits per heavy atom. The number of carboxylic acid groups (broad SMARTS) is 1. The van der Waals surface area contributed by atoms with Crippen LogP contribution in [-0.4, -0.2) is 46.6 Å². The Labute approximate surface area is 96.5 Å². The van der Waals surface area contributed by atoms with Crippen molar-refractivity contribution in [3.8, 4) is 0 Å². The van der Waals surface area contributed by atoms with Crippen LogP contribution in [0.5, 0.6) is 0 Å². The molecular formula is C9H11N3O5. The molecule has 17 heavy (non-hydrogen) atoms. The molecule has 0 aliphatic rings. The van der Waals surface area contributed by atoms with Crippen LogP contribution in [0.25, 0.3) is 5.53 Å². The molecule has 8 nitrogen and oxygen atoms in total. The highest BCUT2D eigenvalue weighted by Crippen LogP contribution is 1.94. The molecule has 0 aromatic rings. The van der Waals surface area contributed by atoms with Crippen molar-refractivity contribution in [2.75, 3.05) is 6.61 Å². The number of Topliss-reactive ketones (excluding diaryl/α,β-unsaturated/α-hetero) is 1. The minimum absolute atomic E-state index is 0.0755. The molecule has 0 radical (unpaired) electrons. The molecule has 0 spiro atoms. The van der Waals surface area contributed by atoms with Gasteiger partial charge in [-0.05, 0) is 0 Å². The van der Waals surface area contributed by atoms with E-state index < -0.39 is 30.3 Å². The van der Waals surface area contributed by atoms with Crippen molar-refractivity contribution in [2.24, 2.45) is 0 Å². The highest BCUT2D eigenvalue weighted by atomic mass is 16.5. The molecule has 0 fully saturated rings. The third-order valence-electron chi connectivity index (χ3n) is 1.53. The van der Waals surface area contributed by atoms with Crippen molar-refractivity contribution in [2.45, 2.75) is 12.5 Å². The summed E-state index contributed by atoms with van der Waals surface area (Å²) in [6.07, 6.45) is 0.203. The van der Waals surface area contributed by atoms with Gasteiger partial charge in [-0.3, -0.25) is 9.59 Å². The maximum atomic E-state index is 11.2. The fourth-order valence-electron chi connectivity index (χ4n) is 0.863. The summed E-state index contributed by atoms with van der Waals surface area (Å²) in [5.74, 6) is -2.15.